The van der Waals surface area contributed by atoms with E-state index in [1.807, 2.05) is 0 Å². The number of thioether (sulfide) groups is 1. The second-order valence-electron chi connectivity index (χ2n) is 4.53. The molecule has 0 unspecified atom stereocenters. The van der Waals surface area contributed by atoms with Crippen LogP contribution in [-0.4, -0.2) is 72.8 Å². The summed E-state index contributed by atoms with van der Waals surface area (Å²) in [6, 6.07) is -0.537. The Labute approximate surface area is 119 Å². The maximum absolute atomic E-state index is 11.9. The first kappa shape index (κ1) is 17.1. The van der Waals surface area contributed by atoms with Gasteiger partial charge in [-0.1, -0.05) is 0 Å². The number of hydrogen-bond donors (Lipinski definition) is 0. The molecule has 0 saturated carbocycles. The number of likely N-dealkylation sites (N-methyl/N-ethyl adjacent to an activating group) is 1. The molecule has 0 radical (unpaired) electrons. The third-order valence-electron chi connectivity index (χ3n) is 2.65. The highest BCUT2D eigenvalue weighted by molar-refractivity contribution is 7.99. The summed E-state index contributed by atoms with van der Waals surface area (Å²) in [5.74, 6) is 0.339. The Hall–Kier alpha value is -0.960. The fourth-order valence-electron chi connectivity index (χ4n) is 1.68. The van der Waals surface area contributed by atoms with Crippen molar-refractivity contribution in [2.24, 2.45) is 0 Å². The molecular formula is C11H17F3N2O3S. The molecule has 1 saturated heterocycles. The average Bonchev–Trinajstić information content (AvgIpc) is 2.81. The van der Waals surface area contributed by atoms with Gasteiger partial charge in [-0.2, -0.15) is 13.2 Å². The summed E-state index contributed by atoms with van der Waals surface area (Å²) in [4.78, 5) is 26.5. The lowest BCUT2D eigenvalue weighted by Gasteiger charge is -2.25. The highest BCUT2D eigenvalue weighted by atomic mass is 32.2. The normalized spacial score (nSPS) is 19.2. The van der Waals surface area contributed by atoms with Crippen molar-refractivity contribution in [2.75, 3.05) is 38.9 Å². The SMILES string of the molecule is CN(C)C(=O)[C@H]1CSCN1C(=O)CCOCC(F)(F)F. The third-order valence-corrected chi connectivity index (χ3v) is 3.67. The van der Waals surface area contributed by atoms with E-state index in [-0.39, 0.29) is 24.8 Å². The number of rotatable bonds is 5. The average molecular weight is 314 g/mol. The molecule has 1 aliphatic heterocycles. The number of ether oxygens (including phenoxy) is 1. The van der Waals surface area contributed by atoms with Gasteiger partial charge in [-0.25, -0.2) is 0 Å². The van der Waals surface area contributed by atoms with Crippen molar-refractivity contribution in [2.45, 2.75) is 18.6 Å². The van der Waals surface area contributed by atoms with Crippen molar-refractivity contribution in [3.05, 3.63) is 0 Å². The quantitative estimate of drug-likeness (QED) is 0.709. The first-order valence-electron chi connectivity index (χ1n) is 5.95. The van der Waals surface area contributed by atoms with Crippen LogP contribution >= 0.6 is 11.8 Å². The van der Waals surface area contributed by atoms with Crippen LogP contribution in [0, 0.1) is 0 Å². The maximum Gasteiger partial charge on any atom is 0.411 e. The largest absolute Gasteiger partial charge is 0.411 e. The fraction of sp³-hybridized carbons (Fsp3) is 0.818. The van der Waals surface area contributed by atoms with Gasteiger partial charge in [0.1, 0.15) is 12.6 Å². The molecule has 0 bridgehead atoms. The molecule has 0 aromatic carbocycles. The Bertz CT molecular complexity index is 363. The smallest absolute Gasteiger partial charge is 0.372 e. The van der Waals surface area contributed by atoms with Crippen molar-refractivity contribution in [3.63, 3.8) is 0 Å². The van der Waals surface area contributed by atoms with E-state index >= 15 is 0 Å². The molecule has 1 fully saturated rings. The minimum Gasteiger partial charge on any atom is -0.372 e. The number of alkyl halides is 3. The number of amides is 2. The summed E-state index contributed by atoms with van der Waals surface area (Å²) in [7, 11) is 3.20. The molecule has 0 spiro atoms. The van der Waals surface area contributed by atoms with E-state index in [1.54, 1.807) is 14.1 Å². The Balaban J connectivity index is 2.40. The van der Waals surface area contributed by atoms with Crippen LogP contribution in [0.25, 0.3) is 0 Å². The number of carbonyl (C=O) groups excluding carboxylic acids is 2. The molecule has 1 heterocycles. The van der Waals surface area contributed by atoms with Crippen molar-refractivity contribution < 1.29 is 27.5 Å². The number of nitrogens with zero attached hydrogens (tertiary/aromatic N) is 2. The Kier molecular flexibility index (Phi) is 6.12. The highest BCUT2D eigenvalue weighted by Gasteiger charge is 2.35. The van der Waals surface area contributed by atoms with Gasteiger partial charge >= 0.3 is 6.18 Å². The standard InChI is InChI=1S/C11H17F3N2O3S/c1-15(2)10(18)8-5-20-7-16(8)9(17)3-4-19-6-11(12,13)14/h8H,3-7H2,1-2H3/t8-/m1/s1. The maximum atomic E-state index is 11.9. The van der Waals surface area contributed by atoms with Gasteiger partial charge in [-0.15, -0.1) is 11.8 Å². The van der Waals surface area contributed by atoms with Crippen LogP contribution in [0.2, 0.25) is 0 Å². The van der Waals surface area contributed by atoms with Crippen molar-refractivity contribution in [1.29, 1.82) is 0 Å². The van der Waals surface area contributed by atoms with Crippen LogP contribution in [-0.2, 0) is 14.3 Å². The molecule has 0 aliphatic carbocycles. The van der Waals surface area contributed by atoms with E-state index < -0.39 is 18.8 Å². The van der Waals surface area contributed by atoms with Gasteiger partial charge in [0, 0.05) is 19.8 Å². The van der Waals surface area contributed by atoms with Crippen molar-refractivity contribution >= 4 is 23.6 Å². The third kappa shape index (κ3) is 5.20. The summed E-state index contributed by atoms with van der Waals surface area (Å²) in [5.41, 5.74) is 0. The molecule has 2 amide bonds. The molecule has 0 aromatic rings. The van der Waals surface area contributed by atoms with Gasteiger partial charge < -0.3 is 14.5 Å². The van der Waals surface area contributed by atoms with E-state index in [2.05, 4.69) is 4.74 Å². The van der Waals surface area contributed by atoms with Crippen LogP contribution in [0.1, 0.15) is 6.42 Å². The first-order chi connectivity index (χ1) is 9.22. The second kappa shape index (κ2) is 7.16. The molecule has 0 N–H and O–H groups in total. The zero-order valence-electron chi connectivity index (χ0n) is 11.3. The van der Waals surface area contributed by atoms with E-state index in [1.165, 1.54) is 21.6 Å². The molecule has 20 heavy (non-hydrogen) atoms. The molecular weight excluding hydrogens is 297 g/mol. The number of hydrogen-bond acceptors (Lipinski definition) is 4. The Morgan fingerprint density at radius 2 is 2.05 bits per heavy atom. The fourth-order valence-corrected chi connectivity index (χ4v) is 2.85. The molecule has 116 valence electrons. The predicted molar refractivity (Wildman–Crippen MR) is 68.1 cm³/mol. The zero-order valence-corrected chi connectivity index (χ0v) is 12.1. The van der Waals surface area contributed by atoms with Crippen LogP contribution in [0.15, 0.2) is 0 Å². The Morgan fingerprint density at radius 1 is 1.40 bits per heavy atom. The van der Waals surface area contributed by atoms with E-state index in [4.69, 9.17) is 0 Å². The highest BCUT2D eigenvalue weighted by Crippen LogP contribution is 2.23. The zero-order chi connectivity index (χ0) is 15.3. The predicted octanol–water partition coefficient (Wildman–Crippen LogP) is 0.945. The molecule has 9 heteroatoms. The van der Waals surface area contributed by atoms with Crippen molar-refractivity contribution in [1.82, 2.24) is 9.80 Å². The van der Waals surface area contributed by atoms with E-state index in [9.17, 15) is 22.8 Å². The summed E-state index contributed by atoms with van der Waals surface area (Å²) < 4.78 is 40.0. The minimum atomic E-state index is -4.39. The number of carbonyl (C=O) groups is 2. The summed E-state index contributed by atoms with van der Waals surface area (Å²) >= 11 is 1.44. The molecule has 1 atom stereocenters. The lowest BCUT2D eigenvalue weighted by Crippen LogP contribution is -2.47. The summed E-state index contributed by atoms with van der Waals surface area (Å²) in [6.45, 7) is -1.67. The molecule has 0 aromatic heterocycles. The molecule has 5 nitrogen and oxygen atoms in total. The van der Waals surface area contributed by atoms with E-state index in [0.29, 0.717) is 11.6 Å². The minimum absolute atomic E-state index is 0.159. The van der Waals surface area contributed by atoms with Gasteiger partial charge in [0.25, 0.3) is 0 Å². The Morgan fingerprint density at radius 3 is 2.60 bits per heavy atom. The summed E-state index contributed by atoms with van der Waals surface area (Å²) in [5, 5.41) is 0. The van der Waals surface area contributed by atoms with Gasteiger partial charge in [0.2, 0.25) is 11.8 Å². The van der Waals surface area contributed by atoms with Gasteiger partial charge in [0.05, 0.1) is 18.9 Å². The lowest BCUT2D eigenvalue weighted by atomic mass is 10.2. The summed E-state index contributed by atoms with van der Waals surface area (Å²) in [6.07, 6.45) is -4.55. The first-order valence-corrected chi connectivity index (χ1v) is 7.10. The molecule has 1 aliphatic rings. The van der Waals surface area contributed by atoms with Gasteiger partial charge in [-0.3, -0.25) is 9.59 Å². The second-order valence-corrected chi connectivity index (χ2v) is 5.53. The van der Waals surface area contributed by atoms with Crippen LogP contribution in [0.3, 0.4) is 0 Å². The van der Waals surface area contributed by atoms with Crippen LogP contribution in [0.5, 0.6) is 0 Å². The van der Waals surface area contributed by atoms with E-state index in [0.717, 1.165) is 0 Å². The lowest BCUT2D eigenvalue weighted by molar-refractivity contribution is -0.175. The van der Waals surface area contributed by atoms with Gasteiger partial charge in [-0.05, 0) is 0 Å². The number of halogens is 3. The van der Waals surface area contributed by atoms with Gasteiger partial charge in [0.15, 0.2) is 0 Å². The topological polar surface area (TPSA) is 49.9 Å². The van der Waals surface area contributed by atoms with Crippen LogP contribution in [0.4, 0.5) is 13.2 Å². The van der Waals surface area contributed by atoms with Crippen molar-refractivity contribution in [3.8, 4) is 0 Å². The molecule has 1 rings (SSSR count). The van der Waals surface area contributed by atoms with Crippen LogP contribution < -0.4 is 0 Å². The monoisotopic (exact) mass is 314 g/mol.